The second-order valence-electron chi connectivity index (χ2n) is 9.35. The van der Waals surface area contributed by atoms with Crippen molar-refractivity contribution in [1.82, 2.24) is 19.9 Å². The smallest absolute Gasteiger partial charge is 0.410 e. The first-order chi connectivity index (χ1) is 17.3. The summed E-state index contributed by atoms with van der Waals surface area (Å²) in [5, 5.41) is 4.19. The summed E-state index contributed by atoms with van der Waals surface area (Å²) in [5.41, 5.74) is 3.04. The zero-order valence-corrected chi connectivity index (χ0v) is 21.2. The minimum absolute atomic E-state index is 0.312. The number of hydrogen-bond acceptors (Lipinski definition) is 8. The van der Waals surface area contributed by atoms with Gasteiger partial charge in [0.2, 0.25) is 5.88 Å². The van der Waals surface area contributed by atoms with Gasteiger partial charge in [-0.3, -0.25) is 0 Å². The minimum atomic E-state index is -0.521. The molecule has 1 amide bonds. The van der Waals surface area contributed by atoms with Gasteiger partial charge in [0.05, 0.1) is 10.2 Å². The molecule has 184 valence electrons. The van der Waals surface area contributed by atoms with E-state index in [1.54, 1.807) is 28.6 Å². The number of fused-ring (bicyclic) bond motifs is 1. The lowest BCUT2D eigenvalue weighted by molar-refractivity contribution is 0.0270. The van der Waals surface area contributed by atoms with Gasteiger partial charge in [0.1, 0.15) is 17.0 Å². The van der Waals surface area contributed by atoms with Crippen molar-refractivity contribution in [2.75, 3.05) is 18.4 Å². The van der Waals surface area contributed by atoms with E-state index in [1.165, 1.54) is 0 Å². The number of para-hydroxylation sites is 1. The van der Waals surface area contributed by atoms with Crippen LogP contribution in [0.15, 0.2) is 67.0 Å². The van der Waals surface area contributed by atoms with E-state index in [2.05, 4.69) is 26.3 Å². The van der Waals surface area contributed by atoms with Crippen LogP contribution in [0, 0.1) is 0 Å². The van der Waals surface area contributed by atoms with Gasteiger partial charge in [-0.15, -0.1) is 0 Å². The van der Waals surface area contributed by atoms with E-state index in [0.29, 0.717) is 36.8 Å². The Morgan fingerprint density at radius 1 is 1.06 bits per heavy atom. The molecule has 0 bridgehead atoms. The molecule has 0 atom stereocenters. The Morgan fingerprint density at radius 3 is 2.56 bits per heavy atom. The SMILES string of the molecule is CC(C)(C)OC(=O)N1CC=C(c2nccnc2Oc2ccc(Nc3nc4ccccc4s3)cc2)CC1. The van der Waals surface area contributed by atoms with E-state index >= 15 is 0 Å². The number of benzene rings is 2. The second-order valence-corrected chi connectivity index (χ2v) is 10.4. The molecular formula is C27H27N5O3S. The standard InChI is InChI=1S/C27H27N5O3S/c1-27(2,3)35-26(33)32-16-12-18(13-17-32)23-24(29-15-14-28-23)34-20-10-8-19(9-11-20)30-25-31-21-6-4-5-7-22(21)36-25/h4-12,14-15H,13,16-17H2,1-3H3,(H,30,31). The molecule has 36 heavy (non-hydrogen) atoms. The maximum Gasteiger partial charge on any atom is 0.410 e. The molecule has 9 heteroatoms. The highest BCUT2D eigenvalue weighted by molar-refractivity contribution is 7.22. The summed E-state index contributed by atoms with van der Waals surface area (Å²) in [6, 6.07) is 15.7. The summed E-state index contributed by atoms with van der Waals surface area (Å²) in [6.45, 7) is 6.59. The topological polar surface area (TPSA) is 89.5 Å². The highest BCUT2D eigenvalue weighted by atomic mass is 32.1. The first kappa shape index (κ1) is 23.7. The summed E-state index contributed by atoms with van der Waals surface area (Å²) < 4.78 is 12.7. The number of ether oxygens (including phenoxy) is 2. The number of anilines is 2. The fourth-order valence-corrected chi connectivity index (χ4v) is 4.65. The predicted octanol–water partition coefficient (Wildman–Crippen LogP) is 6.65. The van der Waals surface area contributed by atoms with Crippen LogP contribution in [-0.2, 0) is 4.74 Å². The molecule has 2 aromatic carbocycles. The normalized spacial score (nSPS) is 13.9. The number of rotatable bonds is 5. The summed E-state index contributed by atoms with van der Waals surface area (Å²) in [4.78, 5) is 27.6. The van der Waals surface area contributed by atoms with Gasteiger partial charge in [-0.1, -0.05) is 29.5 Å². The maximum atomic E-state index is 12.4. The Bertz CT molecular complexity index is 1380. The number of carbonyl (C=O) groups is 1. The molecule has 3 heterocycles. The zero-order valence-electron chi connectivity index (χ0n) is 20.4. The van der Waals surface area contributed by atoms with Crippen LogP contribution in [-0.4, -0.2) is 44.6 Å². The van der Waals surface area contributed by atoms with Crippen molar-refractivity contribution in [2.45, 2.75) is 32.8 Å². The highest BCUT2D eigenvalue weighted by Crippen LogP contribution is 2.32. The Labute approximate surface area is 213 Å². The molecule has 0 fully saturated rings. The number of nitrogens with one attached hydrogen (secondary N) is 1. The van der Waals surface area contributed by atoms with Crippen LogP contribution in [0.5, 0.6) is 11.6 Å². The number of carbonyl (C=O) groups excluding carboxylic acids is 1. The molecule has 8 nitrogen and oxygen atoms in total. The van der Waals surface area contributed by atoms with Crippen molar-refractivity contribution in [3.63, 3.8) is 0 Å². The fourth-order valence-electron chi connectivity index (χ4n) is 3.76. The quantitative estimate of drug-likeness (QED) is 0.328. The molecule has 0 saturated heterocycles. The van der Waals surface area contributed by atoms with E-state index in [1.807, 2.05) is 69.3 Å². The van der Waals surface area contributed by atoms with E-state index in [9.17, 15) is 4.79 Å². The number of thiazole rings is 1. The summed E-state index contributed by atoms with van der Waals surface area (Å²) in [5.74, 6) is 1.08. The fraction of sp³-hybridized carbons (Fsp3) is 0.259. The van der Waals surface area contributed by atoms with E-state index in [4.69, 9.17) is 9.47 Å². The van der Waals surface area contributed by atoms with Crippen molar-refractivity contribution in [3.05, 3.63) is 72.7 Å². The van der Waals surface area contributed by atoms with Crippen molar-refractivity contribution in [2.24, 2.45) is 0 Å². The van der Waals surface area contributed by atoms with Crippen molar-refractivity contribution in [3.8, 4) is 11.6 Å². The van der Waals surface area contributed by atoms with Crippen LogP contribution in [0.4, 0.5) is 15.6 Å². The van der Waals surface area contributed by atoms with Gasteiger partial charge < -0.3 is 19.7 Å². The third-order valence-corrected chi connectivity index (χ3v) is 6.40. The molecule has 0 spiro atoms. The van der Waals surface area contributed by atoms with Crippen molar-refractivity contribution < 1.29 is 14.3 Å². The monoisotopic (exact) mass is 501 g/mol. The van der Waals surface area contributed by atoms with E-state index < -0.39 is 5.60 Å². The van der Waals surface area contributed by atoms with Crippen molar-refractivity contribution >= 4 is 44.0 Å². The molecule has 2 aromatic heterocycles. The van der Waals surface area contributed by atoms with Gasteiger partial charge in [0.15, 0.2) is 5.13 Å². The Hall–Kier alpha value is -3.98. The molecule has 0 radical (unpaired) electrons. The molecule has 5 rings (SSSR count). The number of hydrogen-bond donors (Lipinski definition) is 1. The molecule has 0 aliphatic carbocycles. The maximum absolute atomic E-state index is 12.4. The number of amides is 1. The van der Waals surface area contributed by atoms with E-state index in [-0.39, 0.29) is 6.09 Å². The minimum Gasteiger partial charge on any atom is -0.444 e. The zero-order chi connectivity index (χ0) is 25.1. The van der Waals surface area contributed by atoms with Crippen LogP contribution in [0.3, 0.4) is 0 Å². The second kappa shape index (κ2) is 9.94. The first-order valence-corrected chi connectivity index (χ1v) is 12.5. The van der Waals surface area contributed by atoms with Crippen molar-refractivity contribution in [1.29, 1.82) is 0 Å². The third-order valence-electron chi connectivity index (χ3n) is 5.44. The summed E-state index contributed by atoms with van der Waals surface area (Å²) >= 11 is 1.61. The lowest BCUT2D eigenvalue weighted by atomic mass is 10.1. The molecule has 1 aliphatic heterocycles. The van der Waals surface area contributed by atoms with Crippen LogP contribution in [0.2, 0.25) is 0 Å². The number of aromatic nitrogens is 3. The Morgan fingerprint density at radius 2 is 1.83 bits per heavy atom. The van der Waals surface area contributed by atoms with Gasteiger partial charge in [-0.2, -0.15) is 0 Å². The highest BCUT2D eigenvalue weighted by Gasteiger charge is 2.25. The van der Waals surface area contributed by atoms with Gasteiger partial charge in [-0.25, -0.2) is 19.7 Å². The Balaban J connectivity index is 1.26. The van der Waals surface area contributed by atoms with Gasteiger partial charge in [0, 0.05) is 31.2 Å². The molecule has 4 aromatic rings. The number of nitrogens with zero attached hydrogens (tertiary/aromatic N) is 4. The average molecular weight is 502 g/mol. The van der Waals surface area contributed by atoms with Gasteiger partial charge >= 0.3 is 6.09 Å². The van der Waals surface area contributed by atoms with Crippen LogP contribution in [0.25, 0.3) is 15.8 Å². The summed E-state index contributed by atoms with van der Waals surface area (Å²) in [6.07, 6.45) is 5.56. The molecule has 1 N–H and O–H groups in total. The molecule has 0 saturated carbocycles. The molecule has 0 unspecified atom stereocenters. The molecule has 1 aliphatic rings. The largest absolute Gasteiger partial charge is 0.444 e. The molecular weight excluding hydrogens is 474 g/mol. The van der Waals surface area contributed by atoms with Crippen LogP contribution >= 0.6 is 11.3 Å². The van der Waals surface area contributed by atoms with E-state index in [0.717, 1.165) is 26.6 Å². The average Bonchev–Trinajstić information content (AvgIpc) is 3.27. The first-order valence-electron chi connectivity index (χ1n) is 11.7. The van der Waals surface area contributed by atoms with Gasteiger partial charge in [0.25, 0.3) is 0 Å². The summed E-state index contributed by atoms with van der Waals surface area (Å²) in [7, 11) is 0. The lowest BCUT2D eigenvalue weighted by Gasteiger charge is -2.29. The van der Waals surface area contributed by atoms with Gasteiger partial charge in [-0.05, 0) is 69.2 Å². The predicted molar refractivity (Wildman–Crippen MR) is 142 cm³/mol. The Kier molecular flexibility index (Phi) is 6.56. The third kappa shape index (κ3) is 5.63. The van der Waals surface area contributed by atoms with Crippen LogP contribution < -0.4 is 10.1 Å². The lowest BCUT2D eigenvalue weighted by Crippen LogP contribution is -2.39. The van der Waals surface area contributed by atoms with Crippen LogP contribution in [0.1, 0.15) is 32.9 Å².